The minimum Gasteiger partial charge on any atom is -0.397 e. The molecule has 2 N–H and O–H groups in total. The molecular formula is C14H20N4O2S. The number of nitrogens with zero attached hydrogens (tertiary/aromatic N) is 3. The Balaban J connectivity index is 2.34. The lowest BCUT2D eigenvalue weighted by Crippen LogP contribution is -2.15. The van der Waals surface area contributed by atoms with Crippen LogP contribution in [-0.4, -0.2) is 23.2 Å². The molecule has 6 nitrogen and oxygen atoms in total. The molecule has 2 aromatic rings. The van der Waals surface area contributed by atoms with Gasteiger partial charge in [-0.15, -0.1) is 0 Å². The van der Waals surface area contributed by atoms with Gasteiger partial charge in [0.1, 0.15) is 17.9 Å². The third-order valence-electron chi connectivity index (χ3n) is 3.17. The van der Waals surface area contributed by atoms with Crippen molar-refractivity contribution in [3.63, 3.8) is 0 Å². The van der Waals surface area contributed by atoms with Gasteiger partial charge in [0.15, 0.2) is 9.84 Å². The van der Waals surface area contributed by atoms with Crippen LogP contribution in [0.2, 0.25) is 0 Å². The van der Waals surface area contributed by atoms with Crippen LogP contribution >= 0.6 is 0 Å². The van der Waals surface area contributed by atoms with Gasteiger partial charge >= 0.3 is 0 Å². The van der Waals surface area contributed by atoms with Gasteiger partial charge in [-0.3, -0.25) is 0 Å². The van der Waals surface area contributed by atoms with Gasteiger partial charge in [0.05, 0.1) is 10.6 Å². The fourth-order valence-corrected chi connectivity index (χ4v) is 3.57. The quantitative estimate of drug-likeness (QED) is 0.850. The van der Waals surface area contributed by atoms with Crippen LogP contribution in [0.5, 0.6) is 0 Å². The molecule has 7 heteroatoms. The van der Waals surface area contributed by atoms with Crippen LogP contribution in [-0.2, 0) is 22.1 Å². The van der Waals surface area contributed by atoms with E-state index >= 15 is 0 Å². The molecule has 1 aromatic carbocycles. The molecule has 1 aromatic heterocycles. The van der Waals surface area contributed by atoms with Crippen molar-refractivity contribution >= 4 is 15.5 Å². The monoisotopic (exact) mass is 308 g/mol. The van der Waals surface area contributed by atoms with E-state index in [4.69, 9.17) is 5.73 Å². The Morgan fingerprint density at radius 3 is 2.71 bits per heavy atom. The Hall–Kier alpha value is -1.89. The van der Waals surface area contributed by atoms with Crippen LogP contribution in [0.25, 0.3) is 0 Å². The van der Waals surface area contributed by atoms with Crippen molar-refractivity contribution in [2.45, 2.75) is 38.0 Å². The third kappa shape index (κ3) is 3.41. The molecule has 0 atom stereocenters. The molecule has 21 heavy (non-hydrogen) atoms. The average Bonchev–Trinajstić information content (AvgIpc) is 2.78. The number of hydrogen-bond donors (Lipinski definition) is 1. The number of aryl methyl sites for hydroxylation is 1. The molecule has 114 valence electrons. The van der Waals surface area contributed by atoms with Crippen molar-refractivity contribution in [2.24, 2.45) is 5.92 Å². The van der Waals surface area contributed by atoms with E-state index in [2.05, 4.69) is 10.1 Å². The van der Waals surface area contributed by atoms with Gasteiger partial charge in [-0.1, -0.05) is 26.0 Å². The maximum absolute atomic E-state index is 12.5. The molecule has 0 amide bonds. The van der Waals surface area contributed by atoms with Crippen molar-refractivity contribution in [3.05, 3.63) is 35.9 Å². The number of rotatable bonds is 5. The highest BCUT2D eigenvalue weighted by molar-refractivity contribution is 7.90. The van der Waals surface area contributed by atoms with E-state index < -0.39 is 9.84 Å². The maximum Gasteiger partial charge on any atom is 0.187 e. The highest BCUT2D eigenvalue weighted by atomic mass is 32.2. The molecule has 2 rings (SSSR count). The van der Waals surface area contributed by atoms with Crippen molar-refractivity contribution in [1.82, 2.24) is 14.8 Å². The van der Waals surface area contributed by atoms with E-state index in [1.54, 1.807) is 23.7 Å². The zero-order valence-electron chi connectivity index (χ0n) is 12.4. The topological polar surface area (TPSA) is 90.9 Å². The predicted molar refractivity (Wildman–Crippen MR) is 81.3 cm³/mol. The van der Waals surface area contributed by atoms with Crippen LogP contribution < -0.4 is 5.73 Å². The highest BCUT2D eigenvalue weighted by Crippen LogP contribution is 2.24. The molecule has 0 aliphatic rings. The third-order valence-corrected chi connectivity index (χ3v) is 4.84. The SMILES string of the molecule is Cc1cccc(S(=O)(=O)Cc2ncnn2CC(C)C)c1N. The number of sulfone groups is 1. The Morgan fingerprint density at radius 1 is 1.33 bits per heavy atom. The first-order valence-corrected chi connectivity index (χ1v) is 8.41. The van der Waals surface area contributed by atoms with Crippen LogP contribution in [0, 0.1) is 12.8 Å². The molecular weight excluding hydrogens is 288 g/mol. The van der Waals surface area contributed by atoms with E-state index in [0.717, 1.165) is 5.56 Å². The lowest BCUT2D eigenvalue weighted by molar-refractivity contribution is 0.470. The summed E-state index contributed by atoms with van der Waals surface area (Å²) in [7, 11) is -3.54. The van der Waals surface area contributed by atoms with Gasteiger partial charge in [-0.2, -0.15) is 5.10 Å². The first-order valence-electron chi connectivity index (χ1n) is 6.76. The van der Waals surface area contributed by atoms with Gasteiger partial charge in [0.25, 0.3) is 0 Å². The van der Waals surface area contributed by atoms with E-state index in [1.165, 1.54) is 12.4 Å². The molecule has 0 aliphatic carbocycles. The fourth-order valence-electron chi connectivity index (χ4n) is 2.07. The van der Waals surface area contributed by atoms with E-state index in [9.17, 15) is 8.42 Å². The highest BCUT2D eigenvalue weighted by Gasteiger charge is 2.22. The zero-order chi connectivity index (χ0) is 15.6. The van der Waals surface area contributed by atoms with Gasteiger partial charge in [-0.05, 0) is 24.5 Å². The lowest BCUT2D eigenvalue weighted by atomic mass is 10.2. The van der Waals surface area contributed by atoms with Crippen LogP contribution in [0.1, 0.15) is 25.2 Å². The number of nitrogens with two attached hydrogens (primary N) is 1. The van der Waals surface area contributed by atoms with Crippen LogP contribution in [0.3, 0.4) is 0 Å². The average molecular weight is 308 g/mol. The molecule has 0 fully saturated rings. The van der Waals surface area contributed by atoms with Gasteiger partial charge in [0.2, 0.25) is 0 Å². The number of benzene rings is 1. The molecule has 0 saturated heterocycles. The van der Waals surface area contributed by atoms with Gasteiger partial charge < -0.3 is 5.73 Å². The smallest absolute Gasteiger partial charge is 0.187 e. The fraction of sp³-hybridized carbons (Fsp3) is 0.429. The maximum atomic E-state index is 12.5. The molecule has 0 spiro atoms. The van der Waals surface area contributed by atoms with Crippen molar-refractivity contribution in [2.75, 3.05) is 5.73 Å². The Bertz CT molecular complexity index is 735. The van der Waals surface area contributed by atoms with Crippen LogP contribution in [0.15, 0.2) is 29.4 Å². The summed E-state index contributed by atoms with van der Waals surface area (Å²) in [6.45, 7) is 6.50. The number of para-hydroxylation sites is 1. The molecule has 0 radical (unpaired) electrons. The largest absolute Gasteiger partial charge is 0.397 e. The number of aromatic nitrogens is 3. The normalized spacial score (nSPS) is 12.0. The van der Waals surface area contributed by atoms with E-state index in [-0.39, 0.29) is 10.6 Å². The summed E-state index contributed by atoms with van der Waals surface area (Å²) in [6, 6.07) is 5.01. The van der Waals surface area contributed by atoms with Crippen LogP contribution in [0.4, 0.5) is 5.69 Å². The zero-order valence-corrected chi connectivity index (χ0v) is 13.3. The summed E-state index contributed by atoms with van der Waals surface area (Å²) in [5, 5.41) is 4.08. The first kappa shape index (κ1) is 15.5. The van der Waals surface area contributed by atoms with Crippen molar-refractivity contribution in [3.8, 4) is 0 Å². The Morgan fingerprint density at radius 2 is 2.05 bits per heavy atom. The summed E-state index contributed by atoms with van der Waals surface area (Å²) in [4.78, 5) is 4.22. The Kier molecular flexibility index (Phi) is 4.32. The molecule has 0 saturated carbocycles. The lowest BCUT2D eigenvalue weighted by Gasteiger charge is -2.11. The molecule has 1 heterocycles. The summed E-state index contributed by atoms with van der Waals surface area (Å²) in [5.41, 5.74) is 6.94. The first-order chi connectivity index (χ1) is 9.81. The van der Waals surface area contributed by atoms with E-state index in [0.29, 0.717) is 24.0 Å². The molecule has 0 bridgehead atoms. The number of nitrogen functional groups attached to an aromatic ring is 1. The summed E-state index contributed by atoms with van der Waals surface area (Å²) in [6.07, 6.45) is 1.38. The second kappa shape index (κ2) is 5.85. The number of anilines is 1. The van der Waals surface area contributed by atoms with Crippen molar-refractivity contribution in [1.29, 1.82) is 0 Å². The second-order valence-electron chi connectivity index (χ2n) is 5.50. The predicted octanol–water partition coefficient (Wildman–Crippen LogP) is 1.80. The summed E-state index contributed by atoms with van der Waals surface area (Å²) < 4.78 is 26.7. The number of hydrogen-bond acceptors (Lipinski definition) is 5. The molecule has 0 unspecified atom stereocenters. The van der Waals surface area contributed by atoms with Gasteiger partial charge in [0, 0.05) is 6.54 Å². The minimum absolute atomic E-state index is 0.154. The second-order valence-corrected chi connectivity index (χ2v) is 7.46. The molecule has 0 aliphatic heterocycles. The Labute approximate surface area is 124 Å². The van der Waals surface area contributed by atoms with Gasteiger partial charge in [-0.25, -0.2) is 18.1 Å². The standard InChI is InChI=1S/C14H20N4O2S/c1-10(2)7-18-13(16-9-17-18)8-21(19,20)12-6-4-5-11(3)14(12)15/h4-6,9-10H,7-8,15H2,1-3H3. The summed E-state index contributed by atoms with van der Waals surface area (Å²) in [5.74, 6) is 0.592. The minimum atomic E-state index is -3.54. The summed E-state index contributed by atoms with van der Waals surface area (Å²) >= 11 is 0. The van der Waals surface area contributed by atoms with Crippen molar-refractivity contribution < 1.29 is 8.42 Å². The van der Waals surface area contributed by atoms with E-state index in [1.807, 2.05) is 13.8 Å².